The van der Waals surface area contributed by atoms with Gasteiger partial charge in [0.1, 0.15) is 0 Å². The highest BCUT2D eigenvalue weighted by molar-refractivity contribution is 4.75. The Morgan fingerprint density at radius 1 is 1.23 bits per heavy atom. The zero-order valence-electron chi connectivity index (χ0n) is 9.18. The Hall–Kier alpha value is -0.0800. The molecular formula is C11H24N2. The van der Waals surface area contributed by atoms with E-state index in [-0.39, 0.29) is 0 Å². The third-order valence-electron chi connectivity index (χ3n) is 2.85. The summed E-state index contributed by atoms with van der Waals surface area (Å²) in [5, 5.41) is 3.52. The molecule has 0 saturated heterocycles. The SMILES string of the molecule is CCN(CC)CCCNCC1CC1. The predicted molar refractivity (Wildman–Crippen MR) is 58.0 cm³/mol. The monoisotopic (exact) mass is 184 g/mol. The second-order valence-corrected chi connectivity index (χ2v) is 4.03. The van der Waals surface area contributed by atoms with Gasteiger partial charge in [-0.05, 0) is 57.9 Å². The van der Waals surface area contributed by atoms with Crippen LogP contribution in [0.1, 0.15) is 33.1 Å². The lowest BCUT2D eigenvalue weighted by atomic mass is 10.3. The van der Waals surface area contributed by atoms with E-state index in [1.54, 1.807) is 0 Å². The minimum Gasteiger partial charge on any atom is -0.316 e. The van der Waals surface area contributed by atoms with E-state index >= 15 is 0 Å². The second kappa shape index (κ2) is 6.39. The topological polar surface area (TPSA) is 15.3 Å². The van der Waals surface area contributed by atoms with Crippen molar-refractivity contribution >= 4 is 0 Å². The minimum atomic E-state index is 1.02. The van der Waals surface area contributed by atoms with E-state index in [9.17, 15) is 0 Å². The van der Waals surface area contributed by atoms with Gasteiger partial charge in [0.25, 0.3) is 0 Å². The van der Waals surface area contributed by atoms with Gasteiger partial charge in [0.2, 0.25) is 0 Å². The molecule has 1 fully saturated rings. The molecule has 1 N–H and O–H groups in total. The highest BCUT2D eigenvalue weighted by atomic mass is 15.1. The first-order valence-corrected chi connectivity index (χ1v) is 5.79. The van der Waals surface area contributed by atoms with Crippen LogP contribution >= 0.6 is 0 Å². The van der Waals surface area contributed by atoms with Crippen LogP contribution in [0.5, 0.6) is 0 Å². The standard InChI is InChI=1S/C11H24N2/c1-3-13(4-2)9-5-8-12-10-11-6-7-11/h11-12H,3-10H2,1-2H3. The lowest BCUT2D eigenvalue weighted by Gasteiger charge is -2.17. The number of nitrogens with one attached hydrogen (secondary N) is 1. The molecule has 0 aliphatic heterocycles. The summed E-state index contributed by atoms with van der Waals surface area (Å²) in [6.07, 6.45) is 4.22. The van der Waals surface area contributed by atoms with Crippen molar-refractivity contribution in [2.75, 3.05) is 32.7 Å². The molecule has 0 aromatic carbocycles. The van der Waals surface area contributed by atoms with Crippen LogP contribution in [0.25, 0.3) is 0 Å². The van der Waals surface area contributed by atoms with Gasteiger partial charge in [-0.15, -0.1) is 0 Å². The van der Waals surface area contributed by atoms with Gasteiger partial charge in [0.05, 0.1) is 0 Å². The van der Waals surface area contributed by atoms with E-state index in [0.717, 1.165) is 5.92 Å². The van der Waals surface area contributed by atoms with Gasteiger partial charge in [-0.2, -0.15) is 0 Å². The Morgan fingerprint density at radius 2 is 1.92 bits per heavy atom. The second-order valence-electron chi connectivity index (χ2n) is 4.03. The molecule has 0 bridgehead atoms. The van der Waals surface area contributed by atoms with Crippen molar-refractivity contribution in [3.63, 3.8) is 0 Å². The maximum atomic E-state index is 3.52. The molecule has 1 aliphatic rings. The third kappa shape index (κ3) is 5.27. The Kier molecular flexibility index (Phi) is 5.40. The molecule has 0 aromatic heterocycles. The molecule has 0 amide bonds. The van der Waals surface area contributed by atoms with Crippen molar-refractivity contribution in [1.82, 2.24) is 10.2 Å². The summed E-state index contributed by atoms with van der Waals surface area (Å²) in [5.74, 6) is 1.02. The van der Waals surface area contributed by atoms with Crippen LogP contribution < -0.4 is 5.32 Å². The van der Waals surface area contributed by atoms with Crippen LogP contribution in [0.3, 0.4) is 0 Å². The Labute approximate surface area is 82.7 Å². The number of rotatable bonds is 8. The number of hydrogen-bond donors (Lipinski definition) is 1. The summed E-state index contributed by atoms with van der Waals surface area (Å²) in [6, 6.07) is 0. The average molecular weight is 184 g/mol. The van der Waals surface area contributed by atoms with Crippen molar-refractivity contribution in [1.29, 1.82) is 0 Å². The fraction of sp³-hybridized carbons (Fsp3) is 1.00. The summed E-state index contributed by atoms with van der Waals surface area (Å²) in [7, 11) is 0. The van der Waals surface area contributed by atoms with Crippen molar-refractivity contribution in [3.05, 3.63) is 0 Å². The summed E-state index contributed by atoms with van der Waals surface area (Å²) >= 11 is 0. The maximum absolute atomic E-state index is 3.52. The summed E-state index contributed by atoms with van der Waals surface area (Å²) in [4.78, 5) is 2.48. The lowest BCUT2D eigenvalue weighted by Crippen LogP contribution is -2.27. The first kappa shape index (κ1) is 11.0. The molecule has 0 unspecified atom stereocenters. The molecule has 1 saturated carbocycles. The van der Waals surface area contributed by atoms with Crippen LogP contribution in [-0.4, -0.2) is 37.6 Å². The Bertz CT molecular complexity index is 117. The zero-order chi connectivity index (χ0) is 9.52. The highest BCUT2D eigenvalue weighted by Gasteiger charge is 2.19. The summed E-state index contributed by atoms with van der Waals surface area (Å²) in [6.45, 7) is 10.6. The van der Waals surface area contributed by atoms with E-state index in [1.165, 1.54) is 52.0 Å². The Balaban J connectivity index is 1.81. The molecule has 2 heteroatoms. The molecule has 13 heavy (non-hydrogen) atoms. The van der Waals surface area contributed by atoms with E-state index < -0.39 is 0 Å². The quantitative estimate of drug-likeness (QED) is 0.578. The highest BCUT2D eigenvalue weighted by Crippen LogP contribution is 2.27. The lowest BCUT2D eigenvalue weighted by molar-refractivity contribution is 0.298. The molecule has 1 aliphatic carbocycles. The molecule has 78 valence electrons. The van der Waals surface area contributed by atoms with Crippen molar-refractivity contribution in [2.24, 2.45) is 5.92 Å². The van der Waals surface area contributed by atoms with E-state index in [2.05, 4.69) is 24.1 Å². The van der Waals surface area contributed by atoms with Gasteiger partial charge in [-0.3, -0.25) is 0 Å². The smallest absolute Gasteiger partial charge is 0.000687 e. The maximum Gasteiger partial charge on any atom is -0.000687 e. The van der Waals surface area contributed by atoms with Gasteiger partial charge < -0.3 is 10.2 Å². The molecule has 0 spiro atoms. The van der Waals surface area contributed by atoms with Gasteiger partial charge in [0.15, 0.2) is 0 Å². The minimum absolute atomic E-state index is 1.02. The summed E-state index contributed by atoms with van der Waals surface area (Å²) in [5.41, 5.74) is 0. The molecule has 0 heterocycles. The van der Waals surface area contributed by atoms with Crippen LogP contribution in [0.4, 0.5) is 0 Å². The van der Waals surface area contributed by atoms with Crippen LogP contribution in [0.15, 0.2) is 0 Å². The fourth-order valence-corrected chi connectivity index (χ4v) is 1.60. The molecule has 1 rings (SSSR count). The van der Waals surface area contributed by atoms with Crippen LogP contribution in [0.2, 0.25) is 0 Å². The number of nitrogens with zero attached hydrogens (tertiary/aromatic N) is 1. The third-order valence-corrected chi connectivity index (χ3v) is 2.85. The molecule has 2 nitrogen and oxygen atoms in total. The van der Waals surface area contributed by atoms with E-state index in [0.29, 0.717) is 0 Å². The van der Waals surface area contributed by atoms with Crippen molar-refractivity contribution in [3.8, 4) is 0 Å². The van der Waals surface area contributed by atoms with Gasteiger partial charge in [-0.1, -0.05) is 13.8 Å². The zero-order valence-corrected chi connectivity index (χ0v) is 9.18. The van der Waals surface area contributed by atoms with E-state index in [1.807, 2.05) is 0 Å². The van der Waals surface area contributed by atoms with E-state index in [4.69, 9.17) is 0 Å². The molecule has 0 radical (unpaired) electrons. The fourth-order valence-electron chi connectivity index (χ4n) is 1.60. The predicted octanol–water partition coefficient (Wildman–Crippen LogP) is 1.72. The molecule has 0 aromatic rings. The average Bonchev–Trinajstić information content (AvgIpc) is 2.95. The normalized spacial score (nSPS) is 16.8. The van der Waals surface area contributed by atoms with Crippen LogP contribution in [0, 0.1) is 5.92 Å². The van der Waals surface area contributed by atoms with Crippen molar-refractivity contribution < 1.29 is 0 Å². The van der Waals surface area contributed by atoms with Crippen molar-refractivity contribution in [2.45, 2.75) is 33.1 Å². The summed E-state index contributed by atoms with van der Waals surface area (Å²) < 4.78 is 0. The van der Waals surface area contributed by atoms with Gasteiger partial charge >= 0.3 is 0 Å². The van der Waals surface area contributed by atoms with Gasteiger partial charge in [-0.25, -0.2) is 0 Å². The Morgan fingerprint density at radius 3 is 2.46 bits per heavy atom. The largest absolute Gasteiger partial charge is 0.316 e. The molecular weight excluding hydrogens is 160 g/mol. The number of hydrogen-bond acceptors (Lipinski definition) is 2. The molecule has 0 atom stereocenters. The first-order valence-electron chi connectivity index (χ1n) is 5.79. The van der Waals surface area contributed by atoms with Crippen LogP contribution in [-0.2, 0) is 0 Å². The van der Waals surface area contributed by atoms with Gasteiger partial charge in [0, 0.05) is 0 Å². The first-order chi connectivity index (χ1) is 6.36.